The number of cyclic esters (lactones) is 1. The summed E-state index contributed by atoms with van der Waals surface area (Å²) in [5, 5.41) is 0.648. The molecule has 4 nitrogen and oxygen atoms in total. The van der Waals surface area contributed by atoms with Crippen molar-refractivity contribution >= 4 is 29.5 Å². The van der Waals surface area contributed by atoms with Gasteiger partial charge in [-0.15, -0.1) is 0 Å². The number of para-hydroxylation sites is 1. The van der Waals surface area contributed by atoms with Crippen LogP contribution in [0.4, 0.5) is 0 Å². The third kappa shape index (κ3) is 4.92. The van der Waals surface area contributed by atoms with Crippen molar-refractivity contribution in [2.45, 2.75) is 32.8 Å². The van der Waals surface area contributed by atoms with Gasteiger partial charge in [-0.25, -0.2) is 9.79 Å². The Hall–Kier alpha value is -3.37. The molecule has 0 fully saturated rings. The van der Waals surface area contributed by atoms with Gasteiger partial charge in [-0.1, -0.05) is 80.9 Å². The van der Waals surface area contributed by atoms with Gasteiger partial charge in [0.05, 0.1) is 0 Å². The first-order valence-electron chi connectivity index (χ1n) is 10.4. The van der Waals surface area contributed by atoms with Gasteiger partial charge in [-0.05, 0) is 41.3 Å². The molecule has 32 heavy (non-hydrogen) atoms. The standard InChI is InChI=1S/C27H24ClNO3/c1-27(2,3)21-14-12-18(13-15-21)25-29-23(26(30)32-25)16-19-8-5-7-11-24(19)31-17-20-9-4-6-10-22(20)28/h4-16H,17H2,1-3H3/b23-16+. The molecule has 162 valence electrons. The van der Waals surface area contributed by atoms with Crippen molar-refractivity contribution in [3.63, 3.8) is 0 Å². The Morgan fingerprint density at radius 1 is 0.969 bits per heavy atom. The molecule has 0 amide bonds. The second-order valence-electron chi connectivity index (χ2n) is 8.58. The number of carbonyl (C=O) groups is 1. The number of benzene rings is 3. The van der Waals surface area contributed by atoms with E-state index in [0.717, 1.165) is 16.7 Å². The summed E-state index contributed by atoms with van der Waals surface area (Å²) in [6.07, 6.45) is 1.68. The first-order chi connectivity index (χ1) is 15.3. The second-order valence-corrected chi connectivity index (χ2v) is 8.99. The van der Waals surface area contributed by atoms with Gasteiger partial charge in [0, 0.05) is 21.7 Å². The maximum Gasteiger partial charge on any atom is 0.363 e. The van der Waals surface area contributed by atoms with E-state index in [2.05, 4.69) is 25.8 Å². The number of hydrogen-bond donors (Lipinski definition) is 0. The SMILES string of the molecule is CC(C)(C)c1ccc(C2=N/C(=C/c3ccccc3OCc3ccccc3Cl)C(=O)O2)cc1. The zero-order chi connectivity index (χ0) is 22.7. The van der Waals surface area contributed by atoms with Crippen LogP contribution in [0.15, 0.2) is 83.5 Å². The fourth-order valence-electron chi connectivity index (χ4n) is 3.29. The lowest BCUT2D eigenvalue weighted by atomic mass is 9.87. The third-order valence-electron chi connectivity index (χ3n) is 5.17. The van der Waals surface area contributed by atoms with E-state index in [1.807, 2.05) is 72.8 Å². The van der Waals surface area contributed by atoms with Gasteiger partial charge in [0.2, 0.25) is 5.90 Å². The topological polar surface area (TPSA) is 47.9 Å². The van der Waals surface area contributed by atoms with E-state index < -0.39 is 5.97 Å². The zero-order valence-electron chi connectivity index (χ0n) is 18.3. The number of ether oxygens (including phenoxy) is 2. The van der Waals surface area contributed by atoms with Crippen LogP contribution in [-0.2, 0) is 21.6 Å². The summed E-state index contributed by atoms with van der Waals surface area (Å²) in [6, 6.07) is 22.9. The number of aliphatic imine (C=N–C) groups is 1. The molecule has 0 saturated heterocycles. The molecule has 0 saturated carbocycles. The molecule has 4 rings (SSSR count). The van der Waals surface area contributed by atoms with Crippen LogP contribution in [0, 0.1) is 0 Å². The molecule has 0 aliphatic carbocycles. The van der Waals surface area contributed by atoms with Gasteiger partial charge in [0.15, 0.2) is 5.70 Å². The highest BCUT2D eigenvalue weighted by Gasteiger charge is 2.25. The van der Waals surface area contributed by atoms with Crippen LogP contribution < -0.4 is 4.74 Å². The molecule has 1 aliphatic rings. The van der Waals surface area contributed by atoms with E-state index in [-0.39, 0.29) is 11.1 Å². The van der Waals surface area contributed by atoms with E-state index in [1.54, 1.807) is 6.08 Å². The molecule has 3 aromatic carbocycles. The number of nitrogens with zero attached hydrogens (tertiary/aromatic N) is 1. The summed E-state index contributed by atoms with van der Waals surface area (Å²) < 4.78 is 11.4. The summed E-state index contributed by atoms with van der Waals surface area (Å²) >= 11 is 6.22. The van der Waals surface area contributed by atoms with E-state index in [1.165, 1.54) is 5.56 Å². The number of carbonyl (C=O) groups excluding carboxylic acids is 1. The Bertz CT molecular complexity index is 1200. The number of hydrogen-bond acceptors (Lipinski definition) is 4. The molecule has 0 aromatic heterocycles. The van der Waals surface area contributed by atoms with E-state index in [4.69, 9.17) is 21.1 Å². The molecular formula is C27H24ClNO3. The average Bonchev–Trinajstić information content (AvgIpc) is 3.14. The van der Waals surface area contributed by atoms with E-state index in [9.17, 15) is 4.79 Å². The Balaban J connectivity index is 1.57. The minimum absolute atomic E-state index is 0.0471. The van der Waals surface area contributed by atoms with E-state index >= 15 is 0 Å². The molecule has 1 heterocycles. The highest BCUT2D eigenvalue weighted by atomic mass is 35.5. The Morgan fingerprint density at radius 3 is 2.38 bits per heavy atom. The third-order valence-corrected chi connectivity index (χ3v) is 5.54. The molecule has 0 radical (unpaired) electrons. The first-order valence-corrected chi connectivity index (χ1v) is 10.8. The van der Waals surface area contributed by atoms with Crippen molar-refractivity contribution in [2.24, 2.45) is 4.99 Å². The number of esters is 1. The summed E-state index contributed by atoms with van der Waals surface area (Å²) in [5.74, 6) is 0.447. The van der Waals surface area contributed by atoms with Crippen LogP contribution in [0.1, 0.15) is 43.0 Å². The first kappa shape index (κ1) is 21.8. The van der Waals surface area contributed by atoms with E-state index in [0.29, 0.717) is 23.3 Å². The van der Waals surface area contributed by atoms with Gasteiger partial charge < -0.3 is 9.47 Å². The molecule has 0 spiro atoms. The summed E-state index contributed by atoms with van der Waals surface area (Å²) in [5.41, 5.74) is 3.86. The van der Waals surface area contributed by atoms with Gasteiger partial charge in [-0.2, -0.15) is 0 Å². The molecule has 0 atom stereocenters. The average molecular weight is 446 g/mol. The number of halogens is 1. The van der Waals surface area contributed by atoms with Gasteiger partial charge in [0.1, 0.15) is 12.4 Å². The molecule has 0 N–H and O–H groups in total. The zero-order valence-corrected chi connectivity index (χ0v) is 19.0. The Kier molecular flexibility index (Phi) is 6.15. The van der Waals surface area contributed by atoms with Crippen molar-refractivity contribution < 1.29 is 14.3 Å². The molecule has 0 unspecified atom stereocenters. The van der Waals surface area contributed by atoms with Crippen molar-refractivity contribution in [1.29, 1.82) is 0 Å². The van der Waals surface area contributed by atoms with Crippen molar-refractivity contribution in [3.05, 3.63) is 106 Å². The highest BCUT2D eigenvalue weighted by molar-refractivity contribution is 6.31. The molecule has 0 bridgehead atoms. The summed E-state index contributed by atoms with van der Waals surface area (Å²) in [4.78, 5) is 16.9. The predicted octanol–water partition coefficient (Wildman–Crippen LogP) is 6.56. The lowest BCUT2D eigenvalue weighted by molar-refractivity contribution is -0.129. The van der Waals surface area contributed by atoms with Crippen LogP contribution in [0.3, 0.4) is 0 Å². The van der Waals surface area contributed by atoms with Crippen LogP contribution in [0.2, 0.25) is 5.02 Å². The van der Waals surface area contributed by atoms with Crippen molar-refractivity contribution in [1.82, 2.24) is 0 Å². The fourth-order valence-corrected chi connectivity index (χ4v) is 3.49. The maximum atomic E-state index is 12.5. The molecule has 1 aliphatic heterocycles. The monoisotopic (exact) mass is 445 g/mol. The minimum Gasteiger partial charge on any atom is -0.488 e. The Morgan fingerprint density at radius 2 is 1.66 bits per heavy atom. The maximum absolute atomic E-state index is 12.5. The predicted molar refractivity (Wildman–Crippen MR) is 128 cm³/mol. The summed E-state index contributed by atoms with van der Waals surface area (Å²) in [6.45, 7) is 6.78. The lowest BCUT2D eigenvalue weighted by Gasteiger charge is -2.18. The van der Waals surface area contributed by atoms with Crippen LogP contribution in [-0.4, -0.2) is 11.9 Å². The molecule has 3 aromatic rings. The van der Waals surface area contributed by atoms with Gasteiger partial charge in [-0.3, -0.25) is 0 Å². The quantitative estimate of drug-likeness (QED) is 0.330. The van der Waals surface area contributed by atoms with Gasteiger partial charge >= 0.3 is 5.97 Å². The largest absolute Gasteiger partial charge is 0.488 e. The molecular weight excluding hydrogens is 422 g/mol. The highest BCUT2D eigenvalue weighted by Crippen LogP contribution is 2.27. The summed E-state index contributed by atoms with van der Waals surface area (Å²) in [7, 11) is 0. The van der Waals surface area contributed by atoms with Crippen LogP contribution in [0.5, 0.6) is 5.75 Å². The van der Waals surface area contributed by atoms with Crippen LogP contribution in [0.25, 0.3) is 6.08 Å². The minimum atomic E-state index is -0.485. The smallest absolute Gasteiger partial charge is 0.363 e. The normalized spacial score (nSPS) is 14.9. The fraction of sp³-hybridized carbons (Fsp3) is 0.185. The van der Waals surface area contributed by atoms with Crippen LogP contribution >= 0.6 is 11.6 Å². The number of rotatable bonds is 5. The lowest BCUT2D eigenvalue weighted by Crippen LogP contribution is -2.11. The Labute approximate surface area is 193 Å². The van der Waals surface area contributed by atoms with Crippen molar-refractivity contribution in [2.75, 3.05) is 0 Å². The van der Waals surface area contributed by atoms with Gasteiger partial charge in [0.25, 0.3) is 0 Å². The van der Waals surface area contributed by atoms with Crippen molar-refractivity contribution in [3.8, 4) is 5.75 Å². The second kappa shape index (κ2) is 9.01. The molecule has 5 heteroatoms.